The molecule has 0 heterocycles. The summed E-state index contributed by atoms with van der Waals surface area (Å²) < 4.78 is 16.6. The van der Waals surface area contributed by atoms with Gasteiger partial charge < -0.3 is 14.3 Å². The van der Waals surface area contributed by atoms with Gasteiger partial charge in [-0.2, -0.15) is 0 Å². The van der Waals surface area contributed by atoms with Gasteiger partial charge in [-0.25, -0.2) is 0 Å². The highest BCUT2D eigenvalue weighted by Crippen LogP contribution is 2.67. The van der Waals surface area contributed by atoms with Gasteiger partial charge in [0, 0.05) is 5.02 Å². The predicted molar refractivity (Wildman–Crippen MR) is 81.9 cm³/mol. The van der Waals surface area contributed by atoms with Gasteiger partial charge in [0.15, 0.2) is 0 Å². The molecule has 10 heteroatoms. The molecule has 0 bridgehead atoms. The molecule has 0 aromatic heterocycles. The van der Waals surface area contributed by atoms with E-state index in [-0.39, 0.29) is 10.8 Å². The molecule has 0 amide bonds. The highest BCUT2D eigenvalue weighted by Gasteiger charge is 2.37. The first-order valence-electron chi connectivity index (χ1n) is 4.56. The van der Waals surface area contributed by atoms with Crippen LogP contribution in [0, 0.1) is 0 Å². The van der Waals surface area contributed by atoms with Crippen LogP contribution in [0.15, 0.2) is 18.2 Å². The topological polar surface area (TPSA) is 66.8 Å². The van der Waals surface area contributed by atoms with E-state index in [2.05, 4.69) is 12.2 Å². The second-order valence-electron chi connectivity index (χ2n) is 3.45. The maximum atomic E-state index is 11.4. The molecule has 18 heavy (non-hydrogen) atoms. The second-order valence-corrected chi connectivity index (χ2v) is 12.0. The van der Waals surface area contributed by atoms with E-state index >= 15 is 0 Å². The fourth-order valence-corrected chi connectivity index (χ4v) is 6.99. The van der Waals surface area contributed by atoms with Crippen molar-refractivity contribution in [2.75, 3.05) is 0 Å². The third-order valence-corrected chi connectivity index (χ3v) is 10.1. The van der Waals surface area contributed by atoms with Gasteiger partial charge in [0.25, 0.3) is 6.57 Å². The molecular formula is C8H10Cl2O4P2S2. The number of halogens is 2. The summed E-state index contributed by atoms with van der Waals surface area (Å²) in [7, 11) is 0. The zero-order chi connectivity index (χ0) is 14.1. The van der Waals surface area contributed by atoms with Crippen LogP contribution in [-0.2, 0) is 16.4 Å². The van der Waals surface area contributed by atoms with E-state index < -0.39 is 18.5 Å². The van der Waals surface area contributed by atoms with Gasteiger partial charge >= 0.3 is 0 Å². The first-order chi connectivity index (χ1) is 8.04. The summed E-state index contributed by atoms with van der Waals surface area (Å²) in [6.45, 7) is -6.09. The molecule has 2 N–H and O–H groups in total. The van der Waals surface area contributed by atoms with Crippen LogP contribution in [0.25, 0.3) is 0 Å². The summed E-state index contributed by atoms with van der Waals surface area (Å²) >= 11 is 20.0. The highest BCUT2D eigenvalue weighted by atomic mass is 35.5. The molecule has 0 radical (unpaired) electrons. The van der Waals surface area contributed by atoms with E-state index in [4.69, 9.17) is 39.5 Å². The van der Waals surface area contributed by atoms with Gasteiger partial charge in [0.2, 0.25) is 6.49 Å². The quantitative estimate of drug-likeness (QED) is 0.552. The van der Waals surface area contributed by atoms with Crippen molar-refractivity contribution < 1.29 is 18.9 Å². The monoisotopic (exact) mass is 366 g/mol. The molecule has 4 nitrogen and oxygen atoms in total. The Morgan fingerprint density at radius 1 is 1.44 bits per heavy atom. The summed E-state index contributed by atoms with van der Waals surface area (Å²) in [6.07, 6.45) is 0. The normalized spacial score (nSPS) is 19.7. The van der Waals surface area contributed by atoms with Crippen molar-refractivity contribution in [3.05, 3.63) is 28.2 Å². The van der Waals surface area contributed by atoms with Gasteiger partial charge in [0.05, 0.1) is 5.02 Å². The van der Waals surface area contributed by atoms with Crippen LogP contribution in [0.1, 0.15) is 6.92 Å². The highest BCUT2D eigenvalue weighted by molar-refractivity contribution is 8.48. The number of thiol groups is 1. The maximum absolute atomic E-state index is 11.4. The Kier molecular flexibility index (Phi) is 5.62. The molecule has 1 aromatic carbocycles. The largest absolute Gasteiger partial charge is 0.441 e. The van der Waals surface area contributed by atoms with E-state index in [0.717, 1.165) is 0 Å². The van der Waals surface area contributed by atoms with Crippen molar-refractivity contribution in [2.24, 2.45) is 0 Å². The van der Waals surface area contributed by atoms with E-state index in [1.807, 2.05) is 0 Å². The van der Waals surface area contributed by atoms with Crippen molar-refractivity contribution in [1.29, 1.82) is 0 Å². The fraction of sp³-hybridized carbons (Fsp3) is 0.250. The number of hydrogen-bond acceptors (Lipinski definition) is 3. The number of rotatable bonds is 4. The summed E-state index contributed by atoms with van der Waals surface area (Å²) in [5, 5.41) is -0.617. The van der Waals surface area contributed by atoms with Crippen LogP contribution in [0.3, 0.4) is 0 Å². The van der Waals surface area contributed by atoms with Crippen LogP contribution >= 0.6 is 48.5 Å². The number of hydrogen-bond donors (Lipinski definition) is 3. The lowest BCUT2D eigenvalue weighted by molar-refractivity contribution is 0.463. The minimum atomic E-state index is -3.84. The van der Waals surface area contributed by atoms with Crippen LogP contribution in [-0.4, -0.2) is 15.2 Å². The third kappa shape index (κ3) is 4.39. The van der Waals surface area contributed by atoms with E-state index in [9.17, 15) is 14.4 Å². The SMILES string of the molecule is CC(P(=O)(O)S)P(O)(=S)Oc1ccc(Cl)cc1Cl. The lowest BCUT2D eigenvalue weighted by Crippen LogP contribution is -2.06. The van der Waals surface area contributed by atoms with Gasteiger partial charge in [-0.3, -0.25) is 4.57 Å². The van der Waals surface area contributed by atoms with Crippen molar-refractivity contribution >= 4 is 60.3 Å². The van der Waals surface area contributed by atoms with Gasteiger partial charge in [0.1, 0.15) is 11.1 Å². The minimum Gasteiger partial charge on any atom is -0.441 e. The Balaban J connectivity index is 3.03. The first-order valence-corrected chi connectivity index (χ1v) is 10.9. The molecule has 3 atom stereocenters. The van der Waals surface area contributed by atoms with Crippen LogP contribution in [0.4, 0.5) is 0 Å². The molecule has 102 valence electrons. The average Bonchev–Trinajstić information content (AvgIpc) is 2.20. The Labute approximate surface area is 125 Å². The van der Waals surface area contributed by atoms with Crippen LogP contribution in [0.5, 0.6) is 5.75 Å². The van der Waals surface area contributed by atoms with Crippen LogP contribution < -0.4 is 4.52 Å². The summed E-state index contributed by atoms with van der Waals surface area (Å²) in [5.41, 5.74) is 0. The molecule has 0 aliphatic carbocycles. The van der Waals surface area contributed by atoms with Crippen molar-refractivity contribution in [3.63, 3.8) is 0 Å². The molecule has 0 spiro atoms. The standard InChI is InChI=1S/C8H10Cl2O4P2S2/c1-5(15(11,12)17)16(13,18)14-8-3-2-6(9)4-7(8)10/h2-5H,1H3,(H,13,18)(H2,11,12,17). The van der Waals surface area contributed by atoms with Crippen molar-refractivity contribution in [1.82, 2.24) is 0 Å². The van der Waals surface area contributed by atoms with E-state index in [0.29, 0.717) is 5.02 Å². The predicted octanol–water partition coefficient (Wildman–Crippen LogP) is 4.14. The molecule has 0 saturated carbocycles. The minimum absolute atomic E-state index is 0.112. The van der Waals surface area contributed by atoms with Gasteiger partial charge in [-0.1, -0.05) is 35.5 Å². The lowest BCUT2D eigenvalue weighted by atomic mass is 10.3. The fourth-order valence-electron chi connectivity index (χ4n) is 0.957. The molecule has 0 aliphatic rings. The molecule has 1 rings (SSSR count). The van der Waals surface area contributed by atoms with Crippen LogP contribution in [0.2, 0.25) is 10.0 Å². The molecule has 0 saturated heterocycles. The average molecular weight is 367 g/mol. The van der Waals surface area contributed by atoms with E-state index in [1.165, 1.54) is 25.1 Å². The Morgan fingerprint density at radius 3 is 2.44 bits per heavy atom. The molecule has 1 aromatic rings. The van der Waals surface area contributed by atoms with Gasteiger partial charge in [-0.05, 0) is 36.9 Å². The number of benzene rings is 1. The van der Waals surface area contributed by atoms with E-state index in [1.54, 1.807) is 0 Å². The Morgan fingerprint density at radius 2 is 2.00 bits per heavy atom. The molecule has 3 unspecified atom stereocenters. The zero-order valence-corrected chi connectivity index (χ0v) is 14.0. The third-order valence-electron chi connectivity index (χ3n) is 2.08. The lowest BCUT2D eigenvalue weighted by Gasteiger charge is -2.24. The maximum Gasteiger partial charge on any atom is 0.265 e. The first kappa shape index (κ1) is 16.8. The van der Waals surface area contributed by atoms with Crippen molar-refractivity contribution in [2.45, 2.75) is 12.3 Å². The summed E-state index contributed by atoms with van der Waals surface area (Å²) in [6, 6.07) is 4.34. The second kappa shape index (κ2) is 6.02. The van der Waals surface area contributed by atoms with Gasteiger partial charge in [-0.15, -0.1) is 0 Å². The smallest absolute Gasteiger partial charge is 0.265 e. The van der Waals surface area contributed by atoms with Crippen molar-refractivity contribution in [3.8, 4) is 5.75 Å². The summed E-state index contributed by atoms with van der Waals surface area (Å²) in [4.78, 5) is 19.3. The summed E-state index contributed by atoms with van der Waals surface area (Å²) in [5.74, 6) is 0.112. The molecule has 0 aliphatic heterocycles. The molecular weight excluding hydrogens is 357 g/mol. The zero-order valence-electron chi connectivity index (χ0n) is 9.03. The Bertz CT molecular complexity index is 548. The Hall–Kier alpha value is 0.750. The molecule has 0 fully saturated rings.